The quantitative estimate of drug-likeness (QED) is 0.340. The molecule has 8 heteroatoms. The summed E-state index contributed by atoms with van der Waals surface area (Å²) in [6, 6.07) is 7.62. The van der Waals surface area contributed by atoms with E-state index in [0.717, 1.165) is 43.3 Å². The van der Waals surface area contributed by atoms with Gasteiger partial charge in [-0.2, -0.15) is 0 Å². The van der Waals surface area contributed by atoms with Crippen LogP contribution in [0.1, 0.15) is 12.8 Å². The van der Waals surface area contributed by atoms with Crippen LogP contribution in [0.5, 0.6) is 5.75 Å². The van der Waals surface area contributed by atoms with E-state index in [9.17, 15) is 4.79 Å². The Bertz CT molecular complexity index is 609. The van der Waals surface area contributed by atoms with Crippen LogP contribution in [-0.4, -0.2) is 72.1 Å². The van der Waals surface area contributed by atoms with Crippen LogP contribution in [0.3, 0.4) is 0 Å². The van der Waals surface area contributed by atoms with Gasteiger partial charge < -0.3 is 29.7 Å². The maximum absolute atomic E-state index is 12.1. The van der Waals surface area contributed by atoms with Crippen LogP contribution >= 0.6 is 0 Å². The molecule has 0 aliphatic carbocycles. The average molecular weight is 378 g/mol. The van der Waals surface area contributed by atoms with Crippen molar-refractivity contribution in [2.24, 2.45) is 4.99 Å². The number of para-hydroxylation sites is 2. The van der Waals surface area contributed by atoms with E-state index in [2.05, 4.69) is 15.6 Å². The first-order chi connectivity index (χ1) is 13.3. The number of nitrogens with one attached hydrogen (secondary N) is 2. The molecule has 0 saturated carbocycles. The lowest BCUT2D eigenvalue weighted by Crippen LogP contribution is -2.42. The van der Waals surface area contributed by atoms with Crippen molar-refractivity contribution in [1.29, 1.82) is 0 Å². The summed E-state index contributed by atoms with van der Waals surface area (Å²) >= 11 is 0. The highest BCUT2D eigenvalue weighted by Gasteiger charge is 2.24. The van der Waals surface area contributed by atoms with Gasteiger partial charge in [-0.1, -0.05) is 12.1 Å². The van der Waals surface area contributed by atoms with E-state index in [0.29, 0.717) is 26.4 Å². The van der Waals surface area contributed by atoms with Gasteiger partial charge in [0.25, 0.3) is 5.91 Å². The Morgan fingerprint density at radius 1 is 1.19 bits per heavy atom. The molecule has 1 amide bonds. The fourth-order valence-electron chi connectivity index (χ4n) is 2.69. The van der Waals surface area contributed by atoms with Gasteiger partial charge in [0.1, 0.15) is 5.75 Å². The summed E-state index contributed by atoms with van der Waals surface area (Å²) in [4.78, 5) is 18.1. The first-order valence-electron chi connectivity index (χ1n) is 9.29. The molecule has 150 valence electrons. The van der Waals surface area contributed by atoms with E-state index in [1.54, 1.807) is 19.1 Å². The van der Waals surface area contributed by atoms with Crippen LogP contribution in [0.25, 0.3) is 0 Å². The molecule has 0 atom stereocenters. The van der Waals surface area contributed by atoms with Crippen molar-refractivity contribution in [2.75, 3.05) is 65.1 Å². The molecule has 0 aromatic heterocycles. The number of anilines is 1. The molecule has 8 nitrogen and oxygen atoms in total. The van der Waals surface area contributed by atoms with Crippen LogP contribution in [0.2, 0.25) is 0 Å². The third kappa shape index (κ3) is 7.07. The monoisotopic (exact) mass is 378 g/mol. The van der Waals surface area contributed by atoms with Crippen LogP contribution in [0, 0.1) is 0 Å². The molecule has 2 rings (SSSR count). The smallest absolute Gasteiger partial charge is 0.265 e. The summed E-state index contributed by atoms with van der Waals surface area (Å²) < 4.78 is 15.8. The summed E-state index contributed by atoms with van der Waals surface area (Å²) in [5.41, 5.74) is 0.838. The highest BCUT2D eigenvalue weighted by Crippen LogP contribution is 2.31. The van der Waals surface area contributed by atoms with Crippen molar-refractivity contribution in [2.45, 2.75) is 12.8 Å². The van der Waals surface area contributed by atoms with Gasteiger partial charge in [-0.25, -0.2) is 0 Å². The molecule has 1 aliphatic rings. The molecule has 2 N–H and O–H groups in total. The lowest BCUT2D eigenvalue weighted by Gasteiger charge is -2.29. The second-order valence-electron chi connectivity index (χ2n) is 6.04. The van der Waals surface area contributed by atoms with Gasteiger partial charge >= 0.3 is 0 Å². The zero-order valence-electron chi connectivity index (χ0n) is 16.2. The lowest BCUT2D eigenvalue weighted by molar-refractivity contribution is -0.121. The van der Waals surface area contributed by atoms with Gasteiger partial charge in [-0.15, -0.1) is 0 Å². The highest BCUT2D eigenvalue weighted by molar-refractivity contribution is 5.97. The second-order valence-corrected chi connectivity index (χ2v) is 6.04. The second kappa shape index (κ2) is 12.1. The number of carbonyl (C=O) groups excluding carboxylic acids is 1. The Morgan fingerprint density at radius 3 is 2.74 bits per heavy atom. The minimum Gasteiger partial charge on any atom is -0.482 e. The fraction of sp³-hybridized carbons (Fsp3) is 0.579. The number of fused-ring (bicyclic) bond motifs is 1. The van der Waals surface area contributed by atoms with Crippen molar-refractivity contribution in [3.63, 3.8) is 0 Å². The van der Waals surface area contributed by atoms with E-state index in [1.165, 1.54) is 0 Å². The summed E-state index contributed by atoms with van der Waals surface area (Å²) in [5, 5.41) is 6.52. The van der Waals surface area contributed by atoms with Crippen molar-refractivity contribution in [3.8, 4) is 5.75 Å². The Morgan fingerprint density at radius 2 is 1.96 bits per heavy atom. The summed E-state index contributed by atoms with van der Waals surface area (Å²) in [5.74, 6) is 1.50. The number of aliphatic imine (C=N–C) groups is 1. The molecular formula is C19H30N4O4. The molecule has 0 unspecified atom stereocenters. The molecule has 1 aromatic rings. The zero-order valence-corrected chi connectivity index (χ0v) is 16.2. The molecule has 0 bridgehead atoms. The van der Waals surface area contributed by atoms with E-state index >= 15 is 0 Å². The van der Waals surface area contributed by atoms with Crippen LogP contribution in [-0.2, 0) is 14.3 Å². The zero-order chi connectivity index (χ0) is 19.3. The van der Waals surface area contributed by atoms with Gasteiger partial charge in [0.2, 0.25) is 0 Å². The largest absolute Gasteiger partial charge is 0.482 e. The van der Waals surface area contributed by atoms with E-state index < -0.39 is 0 Å². The summed E-state index contributed by atoms with van der Waals surface area (Å²) in [6.07, 6.45) is 1.70. The number of benzene rings is 1. The Hall–Kier alpha value is -2.32. The number of guanidine groups is 1. The highest BCUT2D eigenvalue weighted by atomic mass is 16.5. The van der Waals surface area contributed by atoms with Crippen molar-refractivity contribution in [3.05, 3.63) is 24.3 Å². The third-order valence-electron chi connectivity index (χ3n) is 4.07. The number of methoxy groups -OCH3 is 1. The third-order valence-corrected chi connectivity index (χ3v) is 4.07. The first kappa shape index (κ1) is 21.0. The van der Waals surface area contributed by atoms with Crippen molar-refractivity contribution < 1.29 is 19.0 Å². The van der Waals surface area contributed by atoms with Crippen LogP contribution in [0.15, 0.2) is 29.3 Å². The molecule has 0 radical (unpaired) electrons. The number of amides is 1. The van der Waals surface area contributed by atoms with Gasteiger partial charge in [-0.05, 0) is 25.0 Å². The SMILES string of the molecule is CN=C(NCCCOCCOC)NCCCN1C(=O)COc2ccccc21. The van der Waals surface area contributed by atoms with Crippen LogP contribution < -0.4 is 20.3 Å². The van der Waals surface area contributed by atoms with E-state index in [-0.39, 0.29) is 12.5 Å². The number of ether oxygens (including phenoxy) is 3. The number of nitrogens with zero attached hydrogens (tertiary/aromatic N) is 2. The molecule has 27 heavy (non-hydrogen) atoms. The standard InChI is InChI=1S/C19H30N4O4/c1-20-19(22-10-6-12-26-14-13-25-2)21-9-5-11-23-16-7-3-4-8-17(16)27-15-18(23)24/h3-4,7-8H,5-6,9-15H2,1-2H3,(H2,20,21,22). The minimum absolute atomic E-state index is 0.00956. The lowest BCUT2D eigenvalue weighted by atomic mass is 10.2. The van der Waals surface area contributed by atoms with Gasteiger partial charge in [0.05, 0.1) is 18.9 Å². The Labute approximate surface area is 160 Å². The Kier molecular flexibility index (Phi) is 9.43. The predicted molar refractivity (Wildman–Crippen MR) is 106 cm³/mol. The normalized spacial score (nSPS) is 13.9. The number of hydrogen-bond acceptors (Lipinski definition) is 5. The average Bonchev–Trinajstić information content (AvgIpc) is 2.70. The van der Waals surface area contributed by atoms with Gasteiger partial charge in [0, 0.05) is 40.4 Å². The first-order valence-corrected chi connectivity index (χ1v) is 9.29. The summed E-state index contributed by atoms with van der Waals surface area (Å²) in [7, 11) is 3.40. The Balaban J connectivity index is 1.63. The van der Waals surface area contributed by atoms with Crippen LogP contribution in [0.4, 0.5) is 5.69 Å². The molecule has 1 heterocycles. The number of rotatable bonds is 11. The molecule has 0 saturated heterocycles. The maximum atomic E-state index is 12.1. The van der Waals surface area contributed by atoms with Gasteiger partial charge in [-0.3, -0.25) is 9.79 Å². The van der Waals surface area contributed by atoms with E-state index in [4.69, 9.17) is 14.2 Å². The molecule has 1 aliphatic heterocycles. The molecule has 0 spiro atoms. The number of carbonyl (C=O) groups is 1. The molecule has 1 aromatic carbocycles. The maximum Gasteiger partial charge on any atom is 0.265 e. The van der Waals surface area contributed by atoms with Crippen molar-refractivity contribution >= 4 is 17.6 Å². The summed E-state index contributed by atoms with van der Waals surface area (Å²) in [6.45, 7) is 4.15. The molecule has 0 fully saturated rings. The molecular weight excluding hydrogens is 348 g/mol. The van der Waals surface area contributed by atoms with E-state index in [1.807, 2.05) is 24.3 Å². The van der Waals surface area contributed by atoms with Crippen molar-refractivity contribution in [1.82, 2.24) is 10.6 Å². The predicted octanol–water partition coefficient (Wildman–Crippen LogP) is 1.02. The number of hydrogen-bond donors (Lipinski definition) is 2. The minimum atomic E-state index is -0.00956. The topological polar surface area (TPSA) is 84.4 Å². The fourth-order valence-corrected chi connectivity index (χ4v) is 2.69. The van der Waals surface area contributed by atoms with Gasteiger partial charge in [0.15, 0.2) is 12.6 Å².